The summed E-state index contributed by atoms with van der Waals surface area (Å²) >= 11 is 6.09. The number of ether oxygens (including phenoxy) is 2. The number of nitrogens with zero attached hydrogens (tertiary/aromatic N) is 1. The van der Waals surface area contributed by atoms with E-state index in [0.29, 0.717) is 27.8 Å². The minimum atomic E-state index is -3.83. The van der Waals surface area contributed by atoms with E-state index >= 15 is 0 Å². The first-order valence-corrected chi connectivity index (χ1v) is 9.35. The Balaban J connectivity index is 1.81. The molecule has 0 saturated carbocycles. The summed E-state index contributed by atoms with van der Waals surface area (Å²) in [4.78, 5) is 12.2. The number of amides is 1. The molecule has 10 heteroatoms. The number of primary sulfonamides is 1. The maximum Gasteiger partial charge on any atom is 0.266 e. The zero-order valence-corrected chi connectivity index (χ0v) is 15.2. The average molecular weight is 406 g/mol. The molecule has 2 aromatic rings. The molecule has 3 rings (SSSR count). The molecule has 0 unspecified atom stereocenters. The first-order chi connectivity index (χ1) is 12.8. The van der Waals surface area contributed by atoms with E-state index in [1.807, 2.05) is 6.07 Å². The number of fused-ring (bicyclic) bond motifs is 1. The number of benzene rings is 2. The molecule has 0 radical (unpaired) electrons. The lowest BCUT2D eigenvalue weighted by Crippen LogP contribution is -2.14. The molecule has 2 aromatic carbocycles. The highest BCUT2D eigenvalue weighted by Crippen LogP contribution is 2.40. The molecule has 1 heterocycles. The minimum absolute atomic E-state index is 0.0440. The van der Waals surface area contributed by atoms with Crippen LogP contribution in [0.4, 0.5) is 5.69 Å². The molecule has 1 aliphatic heterocycles. The van der Waals surface area contributed by atoms with Crippen molar-refractivity contribution in [2.24, 2.45) is 5.14 Å². The fourth-order valence-electron chi connectivity index (χ4n) is 2.31. The van der Waals surface area contributed by atoms with E-state index in [2.05, 4.69) is 5.32 Å². The molecular formula is C17H12ClN3O5S. The summed E-state index contributed by atoms with van der Waals surface area (Å²) in [7, 11) is -3.83. The maximum atomic E-state index is 12.3. The van der Waals surface area contributed by atoms with E-state index in [4.69, 9.17) is 26.2 Å². The summed E-state index contributed by atoms with van der Waals surface area (Å²) in [5.74, 6) is 0.159. The third-order valence-electron chi connectivity index (χ3n) is 3.57. The van der Waals surface area contributed by atoms with Crippen LogP contribution in [0.1, 0.15) is 5.56 Å². The molecule has 8 nitrogen and oxygen atoms in total. The molecule has 1 aliphatic rings. The van der Waals surface area contributed by atoms with E-state index in [1.165, 1.54) is 30.3 Å². The van der Waals surface area contributed by atoms with Crippen molar-refractivity contribution in [3.8, 4) is 17.6 Å². The van der Waals surface area contributed by atoms with Crippen LogP contribution in [0.3, 0.4) is 0 Å². The lowest BCUT2D eigenvalue weighted by Gasteiger charge is -2.06. The quantitative estimate of drug-likeness (QED) is 0.592. The maximum absolute atomic E-state index is 12.3. The van der Waals surface area contributed by atoms with Crippen molar-refractivity contribution in [2.45, 2.75) is 4.90 Å². The Labute approximate surface area is 159 Å². The highest BCUT2D eigenvalue weighted by atomic mass is 35.5. The van der Waals surface area contributed by atoms with Gasteiger partial charge >= 0.3 is 0 Å². The Morgan fingerprint density at radius 3 is 2.59 bits per heavy atom. The van der Waals surface area contributed by atoms with Crippen LogP contribution in [0.5, 0.6) is 11.5 Å². The highest BCUT2D eigenvalue weighted by molar-refractivity contribution is 7.89. The predicted molar refractivity (Wildman–Crippen MR) is 97.6 cm³/mol. The summed E-state index contributed by atoms with van der Waals surface area (Å²) in [6.45, 7) is 0.0440. The number of hydrogen-bond acceptors (Lipinski definition) is 6. The van der Waals surface area contributed by atoms with Crippen LogP contribution in [-0.4, -0.2) is 21.1 Å². The van der Waals surface area contributed by atoms with Gasteiger partial charge < -0.3 is 14.8 Å². The van der Waals surface area contributed by atoms with Crippen LogP contribution in [-0.2, 0) is 14.8 Å². The lowest BCUT2D eigenvalue weighted by atomic mass is 10.1. The van der Waals surface area contributed by atoms with Gasteiger partial charge in [0, 0.05) is 5.69 Å². The predicted octanol–water partition coefficient (Wildman–Crippen LogP) is 2.26. The Morgan fingerprint density at radius 1 is 1.26 bits per heavy atom. The number of anilines is 1. The van der Waals surface area contributed by atoms with Gasteiger partial charge in [-0.25, -0.2) is 13.6 Å². The second kappa shape index (κ2) is 7.28. The third-order valence-corrected chi connectivity index (χ3v) is 4.78. The number of carbonyl (C=O) groups is 1. The van der Waals surface area contributed by atoms with Crippen molar-refractivity contribution in [1.29, 1.82) is 5.26 Å². The number of sulfonamides is 1. The fourth-order valence-corrected chi connectivity index (χ4v) is 3.10. The minimum Gasteiger partial charge on any atom is -0.454 e. The van der Waals surface area contributed by atoms with Crippen molar-refractivity contribution in [3.63, 3.8) is 0 Å². The molecule has 1 amide bonds. The molecule has 0 saturated heterocycles. The van der Waals surface area contributed by atoms with E-state index in [9.17, 15) is 18.5 Å². The second-order valence-corrected chi connectivity index (χ2v) is 7.40. The van der Waals surface area contributed by atoms with Crippen molar-refractivity contribution >= 4 is 39.3 Å². The first kappa shape index (κ1) is 18.7. The lowest BCUT2D eigenvalue weighted by molar-refractivity contribution is -0.112. The summed E-state index contributed by atoms with van der Waals surface area (Å²) in [6, 6.07) is 10.2. The van der Waals surface area contributed by atoms with Gasteiger partial charge in [0.25, 0.3) is 5.91 Å². The van der Waals surface area contributed by atoms with Gasteiger partial charge in [-0.1, -0.05) is 11.6 Å². The molecule has 27 heavy (non-hydrogen) atoms. The SMILES string of the molecule is N#C/C(=C\c1cc(Cl)c2c(c1)OCO2)C(=O)Nc1ccc(S(N)(=O)=O)cc1. The standard InChI is InChI=1S/C17H12ClN3O5S/c18-14-6-10(7-15-16(14)26-9-25-15)5-11(8-19)17(22)21-12-1-3-13(4-2-12)27(20,23)24/h1-7H,9H2,(H,21,22)(H2,20,23,24)/b11-5+. The van der Waals surface area contributed by atoms with E-state index in [1.54, 1.807) is 12.1 Å². The van der Waals surface area contributed by atoms with E-state index in [-0.39, 0.29) is 17.3 Å². The second-order valence-electron chi connectivity index (χ2n) is 5.43. The summed E-state index contributed by atoms with van der Waals surface area (Å²) in [5, 5.41) is 17.1. The van der Waals surface area contributed by atoms with E-state index < -0.39 is 15.9 Å². The van der Waals surface area contributed by atoms with Crippen LogP contribution in [0.25, 0.3) is 6.08 Å². The van der Waals surface area contributed by atoms with Gasteiger partial charge in [-0.05, 0) is 48.0 Å². The molecule has 138 valence electrons. The van der Waals surface area contributed by atoms with Crippen molar-refractivity contribution < 1.29 is 22.7 Å². The topological polar surface area (TPSA) is 132 Å². The Hall–Kier alpha value is -3.06. The van der Waals surface area contributed by atoms with Gasteiger partial charge in [0.1, 0.15) is 11.6 Å². The van der Waals surface area contributed by atoms with E-state index in [0.717, 1.165) is 0 Å². The van der Waals surface area contributed by atoms with Crippen LogP contribution in [0, 0.1) is 11.3 Å². The number of nitriles is 1. The molecule has 0 bridgehead atoms. The number of hydrogen-bond donors (Lipinski definition) is 2. The number of halogens is 1. The summed E-state index contributed by atoms with van der Waals surface area (Å²) < 4.78 is 32.9. The van der Waals surface area contributed by atoms with Gasteiger partial charge in [0.2, 0.25) is 16.8 Å². The first-order valence-electron chi connectivity index (χ1n) is 7.43. The molecule has 0 aromatic heterocycles. The summed E-state index contributed by atoms with van der Waals surface area (Å²) in [6.07, 6.45) is 1.35. The summed E-state index contributed by atoms with van der Waals surface area (Å²) in [5.41, 5.74) is 0.609. The average Bonchev–Trinajstić information content (AvgIpc) is 3.08. The van der Waals surface area contributed by atoms with Gasteiger partial charge in [0.15, 0.2) is 11.5 Å². The van der Waals surface area contributed by atoms with Gasteiger partial charge in [-0.2, -0.15) is 5.26 Å². The molecule has 3 N–H and O–H groups in total. The number of nitrogens with one attached hydrogen (secondary N) is 1. The normalized spacial score (nSPS) is 13.1. The Morgan fingerprint density at radius 2 is 1.96 bits per heavy atom. The fraction of sp³-hybridized carbons (Fsp3) is 0.0588. The smallest absolute Gasteiger partial charge is 0.266 e. The van der Waals surface area contributed by atoms with Crippen LogP contribution < -0.4 is 19.9 Å². The van der Waals surface area contributed by atoms with Crippen LogP contribution >= 0.6 is 11.6 Å². The zero-order valence-electron chi connectivity index (χ0n) is 13.6. The number of nitrogens with two attached hydrogens (primary N) is 1. The van der Waals surface area contributed by atoms with Crippen LogP contribution in [0.2, 0.25) is 5.02 Å². The molecule has 0 fully saturated rings. The number of rotatable bonds is 4. The van der Waals surface area contributed by atoms with Crippen molar-refractivity contribution in [3.05, 3.63) is 52.6 Å². The molecule has 0 atom stereocenters. The van der Waals surface area contributed by atoms with Gasteiger partial charge in [-0.3, -0.25) is 4.79 Å². The molecule has 0 spiro atoms. The van der Waals surface area contributed by atoms with Crippen LogP contribution in [0.15, 0.2) is 46.9 Å². The third kappa shape index (κ3) is 4.20. The largest absolute Gasteiger partial charge is 0.454 e. The van der Waals surface area contributed by atoms with Gasteiger partial charge in [0.05, 0.1) is 9.92 Å². The van der Waals surface area contributed by atoms with Gasteiger partial charge in [-0.15, -0.1) is 0 Å². The van der Waals surface area contributed by atoms with Crippen molar-refractivity contribution in [1.82, 2.24) is 0 Å². The molecule has 0 aliphatic carbocycles. The highest BCUT2D eigenvalue weighted by Gasteiger charge is 2.19. The molecular weight excluding hydrogens is 394 g/mol. The monoisotopic (exact) mass is 405 g/mol. The Kier molecular flexibility index (Phi) is 5.05. The number of carbonyl (C=O) groups excluding carboxylic acids is 1. The van der Waals surface area contributed by atoms with Crippen molar-refractivity contribution in [2.75, 3.05) is 12.1 Å². The zero-order chi connectivity index (χ0) is 19.6. The Bertz CT molecular complexity index is 1090.